The van der Waals surface area contributed by atoms with Gasteiger partial charge in [-0.05, 0) is 66.7 Å². The zero-order valence-electron chi connectivity index (χ0n) is 25.8. The first-order valence-electron chi connectivity index (χ1n) is 15.0. The number of ether oxygens (including phenoxy) is 6. The van der Waals surface area contributed by atoms with Crippen molar-refractivity contribution in [1.82, 2.24) is 10.6 Å². The van der Waals surface area contributed by atoms with Crippen LogP contribution in [0, 0.1) is 24.7 Å². The third-order valence-electron chi connectivity index (χ3n) is 6.23. The summed E-state index contributed by atoms with van der Waals surface area (Å²) in [5.74, 6) is 5.98. The van der Waals surface area contributed by atoms with Crippen LogP contribution in [0.4, 0.5) is 0 Å². The van der Waals surface area contributed by atoms with Gasteiger partial charge in [0.1, 0.15) is 24.7 Å². The Kier molecular flexibility index (Phi) is 16.9. The van der Waals surface area contributed by atoms with Gasteiger partial charge in [0, 0.05) is 35.3 Å². The number of carbonyl (C=O) groups excluding carboxylic acids is 2. The summed E-state index contributed by atoms with van der Waals surface area (Å²) in [6.07, 6.45) is 10.7. The molecule has 2 N–H and O–H groups in total. The number of nitrogens with one attached hydrogen (secondary N) is 2. The van der Waals surface area contributed by atoms with E-state index in [1.165, 1.54) is 0 Å². The molecule has 0 atom stereocenters. The first-order chi connectivity index (χ1) is 22.6. The lowest BCUT2D eigenvalue weighted by Crippen LogP contribution is -2.29. The second-order valence-electron chi connectivity index (χ2n) is 9.58. The summed E-state index contributed by atoms with van der Waals surface area (Å²) in [5.41, 5.74) is 2.36. The molecule has 0 aliphatic carbocycles. The summed E-state index contributed by atoms with van der Waals surface area (Å²) < 4.78 is 33.1. The van der Waals surface area contributed by atoms with Gasteiger partial charge in [-0.15, -0.1) is 12.8 Å². The highest BCUT2D eigenvalue weighted by Crippen LogP contribution is 2.12. The fraction of sp³-hybridized carbons (Fsp3) is 0.333. The van der Waals surface area contributed by atoms with Crippen LogP contribution in [-0.4, -0.2) is 91.0 Å². The molecule has 0 radical (unpaired) electrons. The van der Waals surface area contributed by atoms with Gasteiger partial charge in [0.2, 0.25) is 0 Å². The van der Waals surface area contributed by atoms with E-state index in [0.717, 1.165) is 22.6 Å². The van der Waals surface area contributed by atoms with Gasteiger partial charge in [-0.1, -0.05) is 17.9 Å². The summed E-state index contributed by atoms with van der Waals surface area (Å²) in [5, 5.41) is 5.57. The fourth-order valence-electron chi connectivity index (χ4n) is 3.85. The highest BCUT2D eigenvalue weighted by atomic mass is 16.5. The average molecular weight is 629 g/mol. The molecule has 0 spiro atoms. The van der Waals surface area contributed by atoms with Crippen molar-refractivity contribution in [2.45, 2.75) is 0 Å². The zero-order chi connectivity index (χ0) is 32.7. The van der Waals surface area contributed by atoms with Gasteiger partial charge in [0.25, 0.3) is 11.8 Å². The summed E-state index contributed by atoms with van der Waals surface area (Å²) in [6, 6.07) is 21.0. The second-order valence-corrected chi connectivity index (χ2v) is 9.58. The topological polar surface area (TPSA) is 114 Å². The maximum atomic E-state index is 12.5. The number of rotatable bonds is 22. The van der Waals surface area contributed by atoms with Crippen LogP contribution in [0.2, 0.25) is 0 Å². The summed E-state index contributed by atoms with van der Waals surface area (Å²) in [7, 11) is 0. The molecular weight excluding hydrogens is 588 g/mol. The maximum absolute atomic E-state index is 12.5. The molecule has 0 saturated heterocycles. The third-order valence-corrected chi connectivity index (χ3v) is 6.23. The lowest BCUT2D eigenvalue weighted by atomic mass is 10.1. The number of benzene rings is 3. The van der Waals surface area contributed by atoms with Gasteiger partial charge in [0.15, 0.2) is 0 Å². The number of terminal acetylenes is 2. The van der Waals surface area contributed by atoms with Crippen molar-refractivity contribution in [1.29, 1.82) is 0 Å². The van der Waals surface area contributed by atoms with Crippen molar-refractivity contribution in [3.8, 4) is 36.2 Å². The Bertz CT molecular complexity index is 1310. The van der Waals surface area contributed by atoms with Crippen molar-refractivity contribution in [2.75, 3.05) is 79.2 Å². The Balaban J connectivity index is 1.15. The molecule has 0 aliphatic rings. The predicted molar refractivity (Wildman–Crippen MR) is 174 cm³/mol. The van der Waals surface area contributed by atoms with Gasteiger partial charge in [-0.25, -0.2) is 0 Å². The fourth-order valence-corrected chi connectivity index (χ4v) is 3.85. The molecule has 242 valence electrons. The lowest BCUT2D eigenvalue weighted by Gasteiger charge is -2.10. The molecule has 46 heavy (non-hydrogen) atoms. The van der Waals surface area contributed by atoms with Crippen LogP contribution in [0.15, 0.2) is 72.8 Å². The lowest BCUT2D eigenvalue weighted by molar-refractivity contribution is 0.0370. The number of hydrogen-bond donors (Lipinski definition) is 2. The second kappa shape index (κ2) is 21.8. The molecule has 0 aliphatic heterocycles. The van der Waals surface area contributed by atoms with Crippen LogP contribution < -0.4 is 20.1 Å². The molecule has 0 aromatic heterocycles. The van der Waals surface area contributed by atoms with Crippen LogP contribution in [-0.2, 0) is 18.9 Å². The van der Waals surface area contributed by atoms with Gasteiger partial charge < -0.3 is 39.1 Å². The van der Waals surface area contributed by atoms with Crippen LogP contribution >= 0.6 is 0 Å². The molecule has 0 heterocycles. The van der Waals surface area contributed by atoms with E-state index in [4.69, 9.17) is 41.3 Å². The number of carbonyl (C=O) groups is 2. The monoisotopic (exact) mass is 628 g/mol. The van der Waals surface area contributed by atoms with Crippen molar-refractivity contribution in [3.05, 3.63) is 95.1 Å². The van der Waals surface area contributed by atoms with E-state index in [1.807, 2.05) is 48.5 Å². The molecule has 0 unspecified atom stereocenters. The molecule has 3 aromatic carbocycles. The van der Waals surface area contributed by atoms with E-state index in [9.17, 15) is 9.59 Å². The van der Waals surface area contributed by atoms with Crippen LogP contribution in [0.5, 0.6) is 11.5 Å². The summed E-state index contributed by atoms with van der Waals surface area (Å²) >= 11 is 0. The first kappa shape index (κ1) is 35.6. The quantitative estimate of drug-likeness (QED) is 0.129. The Morgan fingerprint density at radius 3 is 1.28 bits per heavy atom. The van der Waals surface area contributed by atoms with E-state index in [-0.39, 0.29) is 11.8 Å². The molecule has 3 aromatic rings. The molecule has 0 bridgehead atoms. The normalized spacial score (nSPS) is 10.4. The standard InChI is InChI=1S/C36H40N2O8/c1-3-29-8-12-33(13-9-29)45-26-24-43-22-20-41-18-16-37-35(39)31-6-5-7-32(28-31)36(40)38-17-19-42-21-23-44-25-27-46-34-14-10-30(4-2)11-15-34/h1-2,5-15,28H,16-27H2,(H,37,39)(H,38,40). The van der Waals surface area contributed by atoms with Gasteiger partial charge in [-0.2, -0.15) is 0 Å². The zero-order valence-corrected chi connectivity index (χ0v) is 25.8. The first-order valence-corrected chi connectivity index (χ1v) is 15.0. The van der Waals surface area contributed by atoms with Crippen molar-refractivity contribution in [3.63, 3.8) is 0 Å². The van der Waals surface area contributed by atoms with Crippen LogP contribution in [0.3, 0.4) is 0 Å². The Morgan fingerprint density at radius 2 is 0.891 bits per heavy atom. The summed E-state index contributed by atoms with van der Waals surface area (Å²) in [6.45, 7) is 4.55. The van der Waals surface area contributed by atoms with Crippen molar-refractivity contribution < 1.29 is 38.0 Å². The highest BCUT2D eigenvalue weighted by Gasteiger charge is 2.10. The minimum absolute atomic E-state index is 0.294. The molecule has 10 nitrogen and oxygen atoms in total. The van der Waals surface area contributed by atoms with Crippen LogP contribution in [0.1, 0.15) is 31.8 Å². The molecule has 0 fully saturated rings. The van der Waals surface area contributed by atoms with E-state index in [2.05, 4.69) is 22.5 Å². The average Bonchev–Trinajstić information content (AvgIpc) is 3.10. The molecule has 10 heteroatoms. The molecular formula is C36H40N2O8. The van der Waals surface area contributed by atoms with E-state index in [1.54, 1.807) is 24.3 Å². The van der Waals surface area contributed by atoms with Gasteiger partial charge in [0.05, 0.1) is 52.9 Å². The minimum atomic E-state index is -0.294. The molecule has 2 amide bonds. The van der Waals surface area contributed by atoms with Gasteiger partial charge in [-0.3, -0.25) is 9.59 Å². The van der Waals surface area contributed by atoms with Crippen molar-refractivity contribution in [2.24, 2.45) is 0 Å². The highest BCUT2D eigenvalue weighted by molar-refractivity contribution is 5.99. The Hall–Kier alpha value is -4.84. The van der Waals surface area contributed by atoms with Crippen molar-refractivity contribution >= 4 is 11.8 Å². The maximum Gasteiger partial charge on any atom is 0.251 e. The van der Waals surface area contributed by atoms with E-state index < -0.39 is 0 Å². The number of amides is 2. The Morgan fingerprint density at radius 1 is 0.522 bits per heavy atom. The largest absolute Gasteiger partial charge is 0.491 e. The summed E-state index contributed by atoms with van der Waals surface area (Å²) in [4.78, 5) is 25.0. The predicted octanol–water partition coefficient (Wildman–Crippen LogP) is 3.33. The van der Waals surface area contributed by atoms with E-state index >= 15 is 0 Å². The Labute approximate surface area is 270 Å². The van der Waals surface area contributed by atoms with Gasteiger partial charge >= 0.3 is 0 Å². The minimum Gasteiger partial charge on any atom is -0.491 e. The SMILES string of the molecule is C#Cc1ccc(OCCOCCOCCNC(=O)c2cccc(C(=O)NCCOCCOCCOc3ccc(C#C)cc3)c2)cc1. The molecule has 3 rings (SSSR count). The van der Waals surface area contributed by atoms with E-state index in [0.29, 0.717) is 90.3 Å². The van der Waals surface area contributed by atoms with Crippen LogP contribution in [0.25, 0.3) is 0 Å². The third kappa shape index (κ3) is 14.3. The number of hydrogen-bond acceptors (Lipinski definition) is 8. The smallest absolute Gasteiger partial charge is 0.251 e. The molecule has 0 saturated carbocycles.